The molecule has 0 fully saturated rings. The fourth-order valence-electron chi connectivity index (χ4n) is 2.00. The van der Waals surface area contributed by atoms with Crippen LogP contribution in [0.15, 0.2) is 4.42 Å². The van der Waals surface area contributed by atoms with Crippen molar-refractivity contribution in [1.29, 1.82) is 0 Å². The van der Waals surface area contributed by atoms with E-state index in [-0.39, 0.29) is 6.09 Å². The average Bonchev–Trinajstić information content (AvgIpc) is 2.45. The molecule has 1 aliphatic heterocycles. The van der Waals surface area contributed by atoms with E-state index in [1.54, 1.807) is 4.90 Å². The minimum absolute atomic E-state index is 0.260. The van der Waals surface area contributed by atoms with E-state index in [0.29, 0.717) is 25.4 Å². The minimum atomic E-state index is -0.454. The predicted octanol–water partition coefficient (Wildman–Crippen LogP) is 2.32. The maximum absolute atomic E-state index is 12.0. The molecule has 0 unspecified atom stereocenters. The first-order chi connectivity index (χ1) is 8.35. The lowest BCUT2D eigenvalue weighted by Crippen LogP contribution is -2.38. The molecular weight excluding hydrogens is 232 g/mol. The van der Waals surface area contributed by atoms with Gasteiger partial charge in [-0.25, -0.2) is 9.78 Å². The first-order valence-corrected chi connectivity index (χ1v) is 6.28. The van der Waals surface area contributed by atoms with E-state index in [1.807, 2.05) is 27.7 Å². The maximum atomic E-state index is 12.0. The number of ether oxygens (including phenoxy) is 1. The highest BCUT2D eigenvalue weighted by Crippen LogP contribution is 2.18. The van der Waals surface area contributed by atoms with Crippen molar-refractivity contribution in [3.05, 3.63) is 17.3 Å². The van der Waals surface area contributed by atoms with Crippen LogP contribution in [0.2, 0.25) is 0 Å². The van der Waals surface area contributed by atoms with Gasteiger partial charge in [0, 0.05) is 32.9 Å². The molecule has 1 aromatic heterocycles. The number of aromatic nitrogens is 1. The molecule has 0 bridgehead atoms. The van der Waals surface area contributed by atoms with Crippen molar-refractivity contribution in [3.8, 4) is 0 Å². The van der Waals surface area contributed by atoms with E-state index in [9.17, 15) is 4.79 Å². The van der Waals surface area contributed by atoms with Crippen LogP contribution in [0.1, 0.15) is 38.1 Å². The van der Waals surface area contributed by atoms with Crippen molar-refractivity contribution in [3.63, 3.8) is 0 Å². The zero-order chi connectivity index (χ0) is 13.3. The van der Waals surface area contributed by atoms with Gasteiger partial charge in [0.15, 0.2) is 5.89 Å². The number of aryl methyl sites for hydroxylation is 1. The van der Waals surface area contributed by atoms with Crippen molar-refractivity contribution in [1.82, 2.24) is 9.88 Å². The molecule has 0 radical (unpaired) electrons. The fraction of sp³-hybridized carbons (Fsp3) is 0.692. The summed E-state index contributed by atoms with van der Waals surface area (Å²) in [5, 5.41) is 0. The van der Waals surface area contributed by atoms with Crippen LogP contribution in [0.25, 0.3) is 0 Å². The molecule has 1 amide bonds. The van der Waals surface area contributed by atoms with Crippen molar-refractivity contribution < 1.29 is 13.9 Å². The summed E-state index contributed by atoms with van der Waals surface area (Å²) in [4.78, 5) is 18.0. The summed E-state index contributed by atoms with van der Waals surface area (Å²) < 4.78 is 10.9. The van der Waals surface area contributed by atoms with Crippen molar-refractivity contribution in [2.75, 3.05) is 13.1 Å². The minimum Gasteiger partial charge on any atom is -0.446 e. The molecule has 0 spiro atoms. The molecule has 0 saturated heterocycles. The quantitative estimate of drug-likeness (QED) is 0.711. The van der Waals surface area contributed by atoms with Gasteiger partial charge < -0.3 is 14.1 Å². The molecule has 0 saturated carbocycles. The number of hydrogen-bond acceptors (Lipinski definition) is 4. The third-order valence-electron chi connectivity index (χ3n) is 2.76. The third-order valence-corrected chi connectivity index (χ3v) is 2.76. The van der Waals surface area contributed by atoms with Gasteiger partial charge in [0.05, 0.1) is 5.69 Å². The van der Waals surface area contributed by atoms with Gasteiger partial charge in [0.2, 0.25) is 0 Å². The zero-order valence-electron chi connectivity index (χ0n) is 11.4. The summed E-state index contributed by atoms with van der Waals surface area (Å²) in [7, 11) is 0. The van der Waals surface area contributed by atoms with Crippen LogP contribution < -0.4 is 0 Å². The summed E-state index contributed by atoms with van der Waals surface area (Å²) in [6, 6.07) is 0. The molecule has 2 rings (SSSR count). The fourth-order valence-corrected chi connectivity index (χ4v) is 2.00. The predicted molar refractivity (Wildman–Crippen MR) is 66.5 cm³/mol. The van der Waals surface area contributed by atoms with E-state index >= 15 is 0 Å². The first kappa shape index (κ1) is 12.9. The number of fused-ring (bicyclic) bond motifs is 1. The largest absolute Gasteiger partial charge is 0.446 e. The number of nitrogens with zero attached hydrogens (tertiary/aromatic N) is 2. The molecule has 1 aromatic rings. The lowest BCUT2D eigenvalue weighted by molar-refractivity contribution is 0.0257. The van der Waals surface area contributed by atoms with E-state index in [2.05, 4.69) is 4.98 Å². The molecule has 18 heavy (non-hydrogen) atoms. The van der Waals surface area contributed by atoms with Gasteiger partial charge in [0.25, 0.3) is 0 Å². The van der Waals surface area contributed by atoms with Gasteiger partial charge in [-0.15, -0.1) is 0 Å². The van der Waals surface area contributed by atoms with Crippen LogP contribution >= 0.6 is 0 Å². The Hall–Kier alpha value is -1.52. The van der Waals surface area contributed by atoms with Gasteiger partial charge in [-0.05, 0) is 20.8 Å². The van der Waals surface area contributed by atoms with E-state index in [0.717, 1.165) is 17.9 Å². The molecule has 0 N–H and O–H groups in total. The first-order valence-electron chi connectivity index (χ1n) is 6.28. The van der Waals surface area contributed by atoms with Gasteiger partial charge in [0.1, 0.15) is 11.4 Å². The monoisotopic (exact) mass is 252 g/mol. The summed E-state index contributed by atoms with van der Waals surface area (Å²) in [5.41, 5.74) is 0.517. The smallest absolute Gasteiger partial charge is 0.410 e. The summed E-state index contributed by atoms with van der Waals surface area (Å²) in [5.74, 6) is 1.60. The lowest BCUT2D eigenvalue weighted by Gasteiger charge is -2.26. The second-order valence-corrected chi connectivity index (χ2v) is 5.57. The van der Waals surface area contributed by atoms with Crippen LogP contribution in [0.5, 0.6) is 0 Å². The average molecular weight is 252 g/mol. The highest BCUT2D eigenvalue weighted by Gasteiger charge is 2.25. The highest BCUT2D eigenvalue weighted by atomic mass is 16.6. The van der Waals surface area contributed by atoms with Crippen molar-refractivity contribution in [2.45, 2.75) is 46.1 Å². The zero-order valence-corrected chi connectivity index (χ0v) is 11.4. The Bertz CT molecular complexity index is 420. The number of oxazole rings is 1. The normalized spacial score (nSPS) is 16.1. The van der Waals surface area contributed by atoms with Crippen LogP contribution in [0.3, 0.4) is 0 Å². The molecule has 100 valence electrons. The Balaban J connectivity index is 2.00. The molecular formula is C13H20N2O3. The van der Waals surface area contributed by atoms with Crippen molar-refractivity contribution in [2.24, 2.45) is 0 Å². The van der Waals surface area contributed by atoms with Crippen LogP contribution in [0.4, 0.5) is 4.79 Å². The molecule has 5 nitrogen and oxygen atoms in total. The third kappa shape index (κ3) is 3.03. The lowest BCUT2D eigenvalue weighted by atomic mass is 10.2. The van der Waals surface area contributed by atoms with E-state index in [4.69, 9.17) is 9.15 Å². The highest BCUT2D eigenvalue weighted by molar-refractivity contribution is 5.68. The molecule has 5 heteroatoms. The standard InChI is InChI=1S/C13H20N2O3/c1-9-14-10-5-7-15(8-6-11(10)17-9)12(16)18-13(2,3)4/h5-8H2,1-4H3. The van der Waals surface area contributed by atoms with Gasteiger partial charge in [-0.2, -0.15) is 0 Å². The topological polar surface area (TPSA) is 55.6 Å². The molecule has 0 atom stereocenters. The summed E-state index contributed by atoms with van der Waals surface area (Å²) >= 11 is 0. The molecule has 0 aliphatic carbocycles. The summed E-state index contributed by atoms with van der Waals surface area (Å²) in [6.45, 7) is 8.72. The second-order valence-electron chi connectivity index (χ2n) is 5.57. The number of amides is 1. The van der Waals surface area contributed by atoms with Gasteiger partial charge >= 0.3 is 6.09 Å². The number of hydrogen-bond donors (Lipinski definition) is 0. The van der Waals surface area contributed by atoms with E-state index in [1.165, 1.54) is 0 Å². The number of carbonyl (C=O) groups is 1. The van der Waals surface area contributed by atoms with Crippen LogP contribution in [0, 0.1) is 6.92 Å². The second kappa shape index (κ2) is 4.63. The van der Waals surface area contributed by atoms with Crippen LogP contribution in [-0.4, -0.2) is 34.7 Å². The molecule has 1 aliphatic rings. The van der Waals surface area contributed by atoms with Gasteiger partial charge in [-0.3, -0.25) is 0 Å². The Morgan fingerprint density at radius 1 is 1.33 bits per heavy atom. The molecule has 0 aromatic carbocycles. The van der Waals surface area contributed by atoms with Crippen LogP contribution in [-0.2, 0) is 17.6 Å². The molecule has 2 heterocycles. The number of carbonyl (C=O) groups excluding carboxylic acids is 1. The maximum Gasteiger partial charge on any atom is 0.410 e. The SMILES string of the molecule is Cc1nc2c(o1)CCN(C(=O)OC(C)(C)C)CC2. The van der Waals surface area contributed by atoms with Gasteiger partial charge in [-0.1, -0.05) is 0 Å². The van der Waals surface area contributed by atoms with E-state index < -0.39 is 5.60 Å². The Kier molecular flexibility index (Phi) is 3.32. The number of rotatable bonds is 0. The Morgan fingerprint density at radius 3 is 2.67 bits per heavy atom. The summed E-state index contributed by atoms with van der Waals surface area (Å²) in [6.07, 6.45) is 1.17. The Morgan fingerprint density at radius 2 is 2.00 bits per heavy atom. The Labute approximate surface area is 107 Å². The van der Waals surface area contributed by atoms with Crippen molar-refractivity contribution >= 4 is 6.09 Å².